The number of amides is 1. The molecule has 3 nitrogen and oxygen atoms in total. The molecule has 0 radical (unpaired) electrons. The van der Waals surface area contributed by atoms with E-state index in [1.807, 2.05) is 13.8 Å². The molecular weight excluding hydrogens is 287 g/mol. The predicted molar refractivity (Wildman–Crippen MR) is 81.5 cm³/mol. The fourth-order valence-electron chi connectivity index (χ4n) is 2.30. The van der Waals surface area contributed by atoms with Gasteiger partial charge in [0.15, 0.2) is 0 Å². The van der Waals surface area contributed by atoms with Crippen LogP contribution in [-0.4, -0.2) is 10.9 Å². The number of halogens is 1. The summed E-state index contributed by atoms with van der Waals surface area (Å²) in [7, 11) is 0. The van der Waals surface area contributed by atoms with E-state index in [0.717, 1.165) is 23.4 Å². The normalized spacial score (nSPS) is 15.8. The number of nitrogens with zero attached hydrogens (tertiary/aromatic N) is 1. The number of rotatable bonds is 4. The second-order valence-electron chi connectivity index (χ2n) is 5.45. The van der Waals surface area contributed by atoms with Crippen LogP contribution < -0.4 is 5.32 Å². The average Bonchev–Trinajstić information content (AvgIpc) is 3.22. The Labute approximate surface area is 127 Å². The van der Waals surface area contributed by atoms with Crippen molar-refractivity contribution in [2.75, 3.05) is 0 Å². The van der Waals surface area contributed by atoms with Gasteiger partial charge in [0.1, 0.15) is 10.8 Å². The molecule has 21 heavy (non-hydrogen) atoms. The second kappa shape index (κ2) is 5.56. The van der Waals surface area contributed by atoms with Crippen LogP contribution >= 0.6 is 11.3 Å². The largest absolute Gasteiger partial charge is 0.348 e. The molecule has 5 heteroatoms. The van der Waals surface area contributed by atoms with Gasteiger partial charge in [-0.2, -0.15) is 0 Å². The third-order valence-corrected chi connectivity index (χ3v) is 5.01. The first-order chi connectivity index (χ1) is 10.1. The molecule has 1 aliphatic rings. The van der Waals surface area contributed by atoms with Gasteiger partial charge in [-0.05, 0) is 38.8 Å². The highest BCUT2D eigenvalue weighted by molar-refractivity contribution is 7.15. The molecule has 1 N–H and O–H groups in total. The van der Waals surface area contributed by atoms with Crippen LogP contribution in [0.15, 0.2) is 24.3 Å². The molecule has 0 unspecified atom stereocenters. The highest BCUT2D eigenvalue weighted by Crippen LogP contribution is 2.34. The lowest BCUT2D eigenvalue weighted by molar-refractivity contribution is -0.122. The number of nitrogens with one attached hydrogen (secondary N) is 1. The second-order valence-corrected chi connectivity index (χ2v) is 6.48. The molecule has 0 spiro atoms. The molecule has 0 bridgehead atoms. The summed E-state index contributed by atoms with van der Waals surface area (Å²) in [5.74, 6) is 0.0296. The lowest BCUT2D eigenvalue weighted by Crippen LogP contribution is -2.27. The minimum Gasteiger partial charge on any atom is -0.348 e. The van der Waals surface area contributed by atoms with E-state index in [9.17, 15) is 9.18 Å². The van der Waals surface area contributed by atoms with Crippen molar-refractivity contribution in [1.82, 2.24) is 10.3 Å². The average molecular weight is 304 g/mol. The first-order valence-electron chi connectivity index (χ1n) is 7.09. The van der Waals surface area contributed by atoms with Crippen molar-refractivity contribution in [2.45, 2.75) is 32.7 Å². The molecule has 1 aliphatic carbocycles. The molecule has 0 aliphatic heterocycles. The molecule has 1 amide bonds. The van der Waals surface area contributed by atoms with Gasteiger partial charge in [-0.3, -0.25) is 4.79 Å². The SMILES string of the molecule is Cc1nc(-c2ccccc2F)sc1[C@@H](C)NC(=O)C1CC1. The summed E-state index contributed by atoms with van der Waals surface area (Å²) in [5, 5.41) is 3.68. The van der Waals surface area contributed by atoms with Gasteiger partial charge in [-0.25, -0.2) is 9.37 Å². The zero-order valence-corrected chi connectivity index (χ0v) is 12.8. The Kier molecular flexibility index (Phi) is 3.76. The molecule has 1 aromatic carbocycles. The lowest BCUT2D eigenvalue weighted by atomic mass is 10.2. The van der Waals surface area contributed by atoms with Crippen molar-refractivity contribution in [3.8, 4) is 10.6 Å². The van der Waals surface area contributed by atoms with Gasteiger partial charge in [-0.15, -0.1) is 11.3 Å². The summed E-state index contributed by atoms with van der Waals surface area (Å²) in [6.45, 7) is 3.85. The number of carbonyl (C=O) groups excluding carboxylic acids is 1. The Bertz CT molecular complexity index is 679. The molecule has 0 saturated heterocycles. The van der Waals surface area contributed by atoms with Gasteiger partial charge in [-0.1, -0.05) is 12.1 Å². The smallest absolute Gasteiger partial charge is 0.223 e. The van der Waals surface area contributed by atoms with Gasteiger partial charge in [0.05, 0.1) is 16.6 Å². The Balaban J connectivity index is 1.84. The van der Waals surface area contributed by atoms with Crippen molar-refractivity contribution >= 4 is 17.2 Å². The van der Waals surface area contributed by atoms with Gasteiger partial charge in [0, 0.05) is 11.5 Å². The van der Waals surface area contributed by atoms with Crippen molar-refractivity contribution < 1.29 is 9.18 Å². The van der Waals surface area contributed by atoms with E-state index in [0.29, 0.717) is 10.6 Å². The first kappa shape index (κ1) is 14.2. The van der Waals surface area contributed by atoms with Crippen molar-refractivity contribution in [1.29, 1.82) is 0 Å². The van der Waals surface area contributed by atoms with Crippen LogP contribution in [0.2, 0.25) is 0 Å². The Morgan fingerprint density at radius 1 is 1.43 bits per heavy atom. The van der Waals surface area contributed by atoms with Gasteiger partial charge >= 0.3 is 0 Å². The molecule has 1 heterocycles. The fourth-order valence-corrected chi connectivity index (χ4v) is 3.40. The summed E-state index contributed by atoms with van der Waals surface area (Å²) >= 11 is 1.44. The third kappa shape index (κ3) is 2.97. The van der Waals surface area contributed by atoms with Gasteiger partial charge in [0.25, 0.3) is 0 Å². The number of hydrogen-bond acceptors (Lipinski definition) is 3. The van der Waals surface area contributed by atoms with Crippen LogP contribution in [0.1, 0.15) is 36.4 Å². The molecule has 3 rings (SSSR count). The maximum absolute atomic E-state index is 13.8. The van der Waals surface area contributed by atoms with Crippen LogP contribution in [0.25, 0.3) is 10.6 Å². The van der Waals surface area contributed by atoms with Gasteiger partial charge in [0.2, 0.25) is 5.91 Å². The van der Waals surface area contributed by atoms with Crippen LogP contribution in [0.5, 0.6) is 0 Å². The number of aromatic nitrogens is 1. The molecule has 2 aromatic rings. The van der Waals surface area contributed by atoms with E-state index in [1.165, 1.54) is 17.4 Å². The number of thiazole rings is 1. The summed E-state index contributed by atoms with van der Waals surface area (Å²) < 4.78 is 13.8. The predicted octanol–water partition coefficient (Wildman–Crippen LogP) is 3.84. The third-order valence-electron chi connectivity index (χ3n) is 3.64. The van der Waals surface area contributed by atoms with Crippen LogP contribution in [-0.2, 0) is 4.79 Å². The number of aryl methyl sites for hydroxylation is 1. The molecule has 1 saturated carbocycles. The van der Waals surface area contributed by atoms with E-state index in [-0.39, 0.29) is 23.7 Å². The number of benzene rings is 1. The zero-order chi connectivity index (χ0) is 15.0. The van der Waals surface area contributed by atoms with Crippen LogP contribution in [0, 0.1) is 18.7 Å². The summed E-state index contributed by atoms with van der Waals surface area (Å²) in [5.41, 5.74) is 1.36. The maximum atomic E-state index is 13.8. The van der Waals surface area contributed by atoms with E-state index >= 15 is 0 Å². The fraction of sp³-hybridized carbons (Fsp3) is 0.375. The van der Waals surface area contributed by atoms with E-state index in [1.54, 1.807) is 18.2 Å². The van der Waals surface area contributed by atoms with Crippen molar-refractivity contribution in [2.24, 2.45) is 5.92 Å². The first-order valence-corrected chi connectivity index (χ1v) is 7.90. The summed E-state index contributed by atoms with van der Waals surface area (Å²) in [6, 6.07) is 6.54. The van der Waals surface area contributed by atoms with Gasteiger partial charge < -0.3 is 5.32 Å². The topological polar surface area (TPSA) is 42.0 Å². The monoisotopic (exact) mass is 304 g/mol. The van der Waals surface area contributed by atoms with Crippen LogP contribution in [0.4, 0.5) is 4.39 Å². The highest BCUT2D eigenvalue weighted by Gasteiger charge is 2.31. The minimum absolute atomic E-state index is 0.0869. The Hall–Kier alpha value is -1.75. The zero-order valence-electron chi connectivity index (χ0n) is 12.0. The van der Waals surface area contributed by atoms with Crippen LogP contribution in [0.3, 0.4) is 0 Å². The van der Waals surface area contributed by atoms with E-state index < -0.39 is 0 Å². The van der Waals surface area contributed by atoms with E-state index in [4.69, 9.17) is 0 Å². The Morgan fingerprint density at radius 2 is 2.14 bits per heavy atom. The standard InChI is InChI=1S/C16H17FN2OS/c1-9(18-15(20)11-7-8-11)14-10(2)19-16(21-14)12-5-3-4-6-13(12)17/h3-6,9,11H,7-8H2,1-2H3,(H,18,20)/t9-/m1/s1. The Morgan fingerprint density at radius 3 is 2.81 bits per heavy atom. The number of hydrogen-bond donors (Lipinski definition) is 1. The quantitative estimate of drug-likeness (QED) is 0.932. The maximum Gasteiger partial charge on any atom is 0.223 e. The number of carbonyl (C=O) groups is 1. The molecule has 110 valence electrons. The summed E-state index contributed by atoms with van der Waals surface area (Å²) in [4.78, 5) is 17.3. The molecule has 1 aromatic heterocycles. The van der Waals surface area contributed by atoms with Crippen molar-refractivity contribution in [3.63, 3.8) is 0 Å². The lowest BCUT2D eigenvalue weighted by Gasteiger charge is -2.12. The molecule has 1 fully saturated rings. The molecule has 1 atom stereocenters. The van der Waals surface area contributed by atoms with Crippen molar-refractivity contribution in [3.05, 3.63) is 40.7 Å². The molecular formula is C16H17FN2OS. The van der Waals surface area contributed by atoms with E-state index in [2.05, 4.69) is 10.3 Å². The summed E-state index contributed by atoms with van der Waals surface area (Å²) in [6.07, 6.45) is 1.97. The minimum atomic E-state index is -0.271. The highest BCUT2D eigenvalue weighted by atomic mass is 32.1.